The van der Waals surface area contributed by atoms with E-state index in [-0.39, 0.29) is 23.3 Å². The number of carbonyl (C=O) groups excluding carboxylic acids is 3. The number of Topliss-reactive ketones (excluding diaryl/α,β-unsaturated/α-hetero) is 3. The van der Waals surface area contributed by atoms with Crippen molar-refractivity contribution in [2.75, 3.05) is 0 Å². The summed E-state index contributed by atoms with van der Waals surface area (Å²) >= 11 is 0. The van der Waals surface area contributed by atoms with Gasteiger partial charge >= 0.3 is 0 Å². The largest absolute Gasteiger partial charge is 0.370 e. The molecule has 3 fully saturated rings. The minimum Gasteiger partial charge on any atom is -0.370 e. The Morgan fingerprint density at radius 1 is 1.10 bits per heavy atom. The zero-order valence-electron chi connectivity index (χ0n) is 12.0. The van der Waals surface area contributed by atoms with Crippen LogP contribution in [0.15, 0.2) is 0 Å². The molecular formula is C16H22O4. The molecule has 3 atom stereocenters. The van der Waals surface area contributed by atoms with Gasteiger partial charge in [-0.1, -0.05) is 6.92 Å². The molecule has 0 bridgehead atoms. The lowest BCUT2D eigenvalue weighted by Crippen LogP contribution is -2.41. The molecular weight excluding hydrogens is 256 g/mol. The van der Waals surface area contributed by atoms with Crippen LogP contribution in [0.3, 0.4) is 0 Å². The molecule has 4 heteroatoms. The SMILES string of the molecule is CCCC(=O)C1C(=O)CC(C2CCC3OC3C2)CC1=O. The second-order valence-corrected chi connectivity index (χ2v) is 6.54. The van der Waals surface area contributed by atoms with E-state index in [1.807, 2.05) is 6.92 Å². The Bertz CT molecular complexity index is 424. The summed E-state index contributed by atoms with van der Waals surface area (Å²) in [4.78, 5) is 36.3. The summed E-state index contributed by atoms with van der Waals surface area (Å²) in [5, 5.41) is 0. The summed E-state index contributed by atoms with van der Waals surface area (Å²) in [7, 11) is 0. The number of carbonyl (C=O) groups is 3. The number of ether oxygens (including phenoxy) is 1. The van der Waals surface area contributed by atoms with Crippen LogP contribution in [-0.4, -0.2) is 29.6 Å². The first-order valence-electron chi connectivity index (χ1n) is 7.83. The fraction of sp³-hybridized carbons (Fsp3) is 0.812. The first-order valence-corrected chi connectivity index (χ1v) is 7.83. The van der Waals surface area contributed by atoms with Crippen molar-refractivity contribution < 1.29 is 19.1 Å². The van der Waals surface area contributed by atoms with Gasteiger partial charge in [0.25, 0.3) is 0 Å². The third-order valence-electron chi connectivity index (χ3n) is 5.10. The minimum atomic E-state index is -0.945. The molecule has 0 N–H and O–H groups in total. The highest BCUT2D eigenvalue weighted by atomic mass is 16.6. The monoisotopic (exact) mass is 278 g/mol. The number of hydrogen-bond donors (Lipinski definition) is 0. The minimum absolute atomic E-state index is 0.136. The molecule has 0 amide bonds. The second kappa shape index (κ2) is 5.40. The van der Waals surface area contributed by atoms with Crippen LogP contribution < -0.4 is 0 Å². The van der Waals surface area contributed by atoms with E-state index in [1.54, 1.807) is 0 Å². The highest BCUT2D eigenvalue weighted by Crippen LogP contribution is 2.45. The molecule has 3 aliphatic rings. The molecule has 4 nitrogen and oxygen atoms in total. The Balaban J connectivity index is 1.63. The molecule has 3 unspecified atom stereocenters. The van der Waals surface area contributed by atoms with Gasteiger partial charge < -0.3 is 4.74 Å². The van der Waals surface area contributed by atoms with E-state index in [2.05, 4.69) is 0 Å². The average molecular weight is 278 g/mol. The summed E-state index contributed by atoms with van der Waals surface area (Å²) in [5.74, 6) is -0.818. The van der Waals surface area contributed by atoms with Gasteiger partial charge in [-0.05, 0) is 37.5 Å². The van der Waals surface area contributed by atoms with Crippen molar-refractivity contribution in [2.45, 2.75) is 64.1 Å². The first kappa shape index (κ1) is 13.9. The van der Waals surface area contributed by atoms with Crippen molar-refractivity contribution in [3.63, 3.8) is 0 Å². The van der Waals surface area contributed by atoms with Crippen LogP contribution >= 0.6 is 0 Å². The molecule has 0 spiro atoms. The van der Waals surface area contributed by atoms with Crippen molar-refractivity contribution in [1.29, 1.82) is 0 Å². The van der Waals surface area contributed by atoms with Crippen LogP contribution in [0.5, 0.6) is 0 Å². The first-order chi connectivity index (χ1) is 9.60. The number of rotatable bonds is 4. The fourth-order valence-electron chi connectivity index (χ4n) is 3.95. The second-order valence-electron chi connectivity index (χ2n) is 6.54. The lowest BCUT2D eigenvalue weighted by atomic mass is 9.69. The number of epoxide rings is 1. The summed E-state index contributed by atoms with van der Waals surface area (Å²) < 4.78 is 5.52. The Labute approximate surface area is 119 Å². The summed E-state index contributed by atoms with van der Waals surface area (Å²) in [6, 6.07) is 0. The molecule has 2 saturated carbocycles. The predicted octanol–water partition coefficient (Wildman–Crippen LogP) is 2.09. The van der Waals surface area contributed by atoms with Crippen molar-refractivity contribution >= 4 is 17.3 Å². The van der Waals surface area contributed by atoms with Crippen LogP contribution in [0.4, 0.5) is 0 Å². The fourth-order valence-corrected chi connectivity index (χ4v) is 3.95. The average Bonchev–Trinajstić information content (AvgIpc) is 3.16. The van der Waals surface area contributed by atoms with Crippen LogP contribution in [0, 0.1) is 17.8 Å². The Morgan fingerprint density at radius 2 is 1.80 bits per heavy atom. The third kappa shape index (κ3) is 2.58. The number of fused-ring (bicyclic) bond motifs is 1. The van der Waals surface area contributed by atoms with Gasteiger partial charge in [-0.2, -0.15) is 0 Å². The van der Waals surface area contributed by atoms with Gasteiger partial charge in [0.1, 0.15) is 5.92 Å². The molecule has 110 valence electrons. The van der Waals surface area contributed by atoms with Crippen molar-refractivity contribution in [3.05, 3.63) is 0 Å². The van der Waals surface area contributed by atoms with E-state index >= 15 is 0 Å². The van der Waals surface area contributed by atoms with Gasteiger partial charge in [0.15, 0.2) is 17.3 Å². The van der Waals surface area contributed by atoms with Gasteiger partial charge in [-0.3, -0.25) is 14.4 Å². The normalized spacial score (nSPS) is 40.4. The number of ketones is 3. The summed E-state index contributed by atoms with van der Waals surface area (Å²) in [6.45, 7) is 1.90. The van der Waals surface area contributed by atoms with E-state index < -0.39 is 5.92 Å². The Hall–Kier alpha value is -1.03. The maximum atomic E-state index is 12.2. The number of hydrogen-bond acceptors (Lipinski definition) is 4. The lowest BCUT2D eigenvalue weighted by molar-refractivity contribution is -0.144. The predicted molar refractivity (Wildman–Crippen MR) is 72.1 cm³/mol. The molecule has 2 aliphatic carbocycles. The molecule has 3 rings (SSSR count). The van der Waals surface area contributed by atoms with Gasteiger partial charge in [0.05, 0.1) is 12.2 Å². The van der Waals surface area contributed by atoms with Crippen molar-refractivity contribution in [1.82, 2.24) is 0 Å². The molecule has 0 radical (unpaired) electrons. The maximum Gasteiger partial charge on any atom is 0.151 e. The zero-order valence-corrected chi connectivity index (χ0v) is 12.0. The van der Waals surface area contributed by atoms with E-state index in [9.17, 15) is 14.4 Å². The van der Waals surface area contributed by atoms with Gasteiger partial charge in [0.2, 0.25) is 0 Å². The van der Waals surface area contributed by atoms with Crippen molar-refractivity contribution in [2.24, 2.45) is 17.8 Å². The van der Waals surface area contributed by atoms with Gasteiger partial charge in [0, 0.05) is 19.3 Å². The summed E-state index contributed by atoms with van der Waals surface area (Å²) in [6.07, 6.45) is 5.78. The molecule has 20 heavy (non-hydrogen) atoms. The summed E-state index contributed by atoms with van der Waals surface area (Å²) in [5.41, 5.74) is 0. The zero-order chi connectivity index (χ0) is 14.3. The molecule has 1 heterocycles. The quantitative estimate of drug-likeness (QED) is 0.583. The molecule has 1 aliphatic heterocycles. The molecule has 0 aromatic heterocycles. The van der Waals surface area contributed by atoms with Crippen molar-refractivity contribution in [3.8, 4) is 0 Å². The standard InChI is InChI=1S/C16H22O4/c1-2-3-11(17)16-12(18)6-10(7-13(16)19)9-4-5-14-15(8-9)20-14/h9-10,14-16H,2-8H2,1H3. The van der Waals surface area contributed by atoms with E-state index in [0.29, 0.717) is 43.8 Å². The van der Waals surface area contributed by atoms with Crippen LogP contribution in [-0.2, 0) is 19.1 Å². The van der Waals surface area contributed by atoms with Crippen LogP contribution in [0.25, 0.3) is 0 Å². The van der Waals surface area contributed by atoms with Gasteiger partial charge in [-0.15, -0.1) is 0 Å². The van der Waals surface area contributed by atoms with E-state index in [1.165, 1.54) is 0 Å². The highest BCUT2D eigenvalue weighted by molar-refractivity contribution is 6.20. The van der Waals surface area contributed by atoms with E-state index in [4.69, 9.17) is 4.74 Å². The van der Waals surface area contributed by atoms with E-state index in [0.717, 1.165) is 19.3 Å². The van der Waals surface area contributed by atoms with Crippen LogP contribution in [0.2, 0.25) is 0 Å². The van der Waals surface area contributed by atoms with Gasteiger partial charge in [-0.25, -0.2) is 0 Å². The highest BCUT2D eigenvalue weighted by Gasteiger charge is 2.48. The Morgan fingerprint density at radius 3 is 2.40 bits per heavy atom. The van der Waals surface area contributed by atoms with Crippen LogP contribution in [0.1, 0.15) is 51.9 Å². The topological polar surface area (TPSA) is 63.7 Å². The molecule has 0 aromatic rings. The smallest absolute Gasteiger partial charge is 0.151 e. The molecule has 0 aromatic carbocycles. The molecule has 1 saturated heterocycles. The third-order valence-corrected chi connectivity index (χ3v) is 5.10. The lowest BCUT2D eigenvalue weighted by Gasteiger charge is -2.32. The maximum absolute atomic E-state index is 12.2. The Kier molecular flexibility index (Phi) is 3.76.